The molecule has 218 valence electrons. The zero-order valence-electron chi connectivity index (χ0n) is 23.9. The normalized spacial score (nSPS) is 16.0. The molecule has 1 aliphatic heterocycles. The molecule has 0 saturated carbocycles. The molecule has 0 aliphatic carbocycles. The highest BCUT2D eigenvalue weighted by atomic mass is 79.9. The molecule has 1 aromatic heterocycles. The van der Waals surface area contributed by atoms with E-state index in [9.17, 15) is 14.4 Å². The van der Waals surface area contributed by atoms with Crippen molar-refractivity contribution in [1.82, 2.24) is 9.99 Å². The Bertz CT molecular complexity index is 2130. The number of nitrogens with zero attached hydrogens (tertiary/aromatic N) is 2. The third-order valence-corrected chi connectivity index (χ3v) is 8.59. The minimum atomic E-state index is -0.976. The van der Waals surface area contributed by atoms with Gasteiger partial charge in [-0.25, -0.2) is 5.01 Å². The summed E-state index contributed by atoms with van der Waals surface area (Å²) in [6, 6.07) is 41.7. The Kier molecular flexibility index (Phi) is 7.53. The maximum Gasteiger partial charge on any atom is 0.274 e. The number of hydrogen-bond acceptors (Lipinski definition) is 4. The molecule has 0 spiro atoms. The molecule has 7 rings (SSSR count). The summed E-state index contributed by atoms with van der Waals surface area (Å²) in [5.41, 5.74) is 3.80. The zero-order valence-corrected chi connectivity index (χ0v) is 25.5. The highest BCUT2D eigenvalue weighted by molar-refractivity contribution is 9.10. The van der Waals surface area contributed by atoms with Crippen molar-refractivity contribution in [3.8, 4) is 11.1 Å². The minimum absolute atomic E-state index is 0.237. The number of nitrogens with one attached hydrogen (secondary N) is 1. The van der Waals surface area contributed by atoms with E-state index >= 15 is 0 Å². The molecule has 0 saturated heterocycles. The Balaban J connectivity index is 1.55. The van der Waals surface area contributed by atoms with Crippen molar-refractivity contribution in [3.63, 3.8) is 0 Å². The number of carbonyl (C=O) groups is 2. The number of aromatic amines is 1. The van der Waals surface area contributed by atoms with Crippen LogP contribution >= 0.6 is 15.9 Å². The van der Waals surface area contributed by atoms with Gasteiger partial charge >= 0.3 is 0 Å². The number of benzene rings is 5. The van der Waals surface area contributed by atoms with Gasteiger partial charge in [0.1, 0.15) is 0 Å². The predicted molar refractivity (Wildman–Crippen MR) is 180 cm³/mol. The van der Waals surface area contributed by atoms with Crippen LogP contribution in [0.3, 0.4) is 0 Å². The Morgan fingerprint density at radius 1 is 0.689 bits per heavy atom. The first-order valence-corrected chi connectivity index (χ1v) is 15.3. The van der Waals surface area contributed by atoms with Crippen molar-refractivity contribution in [3.05, 3.63) is 177 Å². The molecule has 1 N–H and O–H groups in total. The number of fused-ring (bicyclic) bond motifs is 1. The van der Waals surface area contributed by atoms with Gasteiger partial charge in [0.15, 0.2) is 5.78 Å². The van der Waals surface area contributed by atoms with Crippen molar-refractivity contribution in [2.45, 2.75) is 6.04 Å². The number of rotatable bonds is 6. The number of aromatic nitrogens is 1. The summed E-state index contributed by atoms with van der Waals surface area (Å²) < 4.78 is 0.832. The van der Waals surface area contributed by atoms with E-state index in [4.69, 9.17) is 5.10 Å². The van der Waals surface area contributed by atoms with Gasteiger partial charge in [0.05, 0.1) is 23.2 Å². The minimum Gasteiger partial charge on any atom is -0.321 e. The second kappa shape index (κ2) is 11.9. The molecule has 6 aromatic rings. The smallest absolute Gasteiger partial charge is 0.274 e. The number of amides is 1. The highest BCUT2D eigenvalue weighted by Crippen LogP contribution is 2.43. The average Bonchev–Trinajstić information content (AvgIpc) is 3.49. The largest absolute Gasteiger partial charge is 0.321 e. The van der Waals surface area contributed by atoms with Gasteiger partial charge in [-0.05, 0) is 41.5 Å². The lowest BCUT2D eigenvalue weighted by atomic mass is 9.80. The third kappa shape index (κ3) is 5.21. The van der Waals surface area contributed by atoms with E-state index < -0.39 is 17.5 Å². The molecule has 6 nitrogen and oxygen atoms in total. The molecule has 0 radical (unpaired) electrons. The molecule has 7 heteroatoms. The van der Waals surface area contributed by atoms with Crippen LogP contribution in [0, 0.1) is 5.92 Å². The van der Waals surface area contributed by atoms with Crippen molar-refractivity contribution in [1.29, 1.82) is 0 Å². The molecule has 1 aliphatic rings. The van der Waals surface area contributed by atoms with E-state index in [1.54, 1.807) is 48.5 Å². The van der Waals surface area contributed by atoms with Crippen LogP contribution in [-0.4, -0.2) is 27.4 Å². The van der Waals surface area contributed by atoms with Crippen LogP contribution in [0.15, 0.2) is 154 Å². The monoisotopic (exact) mass is 651 g/mol. The molecule has 0 fully saturated rings. The summed E-state index contributed by atoms with van der Waals surface area (Å²) in [4.78, 5) is 46.1. The van der Waals surface area contributed by atoms with E-state index in [0.29, 0.717) is 22.2 Å². The second-order valence-corrected chi connectivity index (χ2v) is 11.7. The number of carbonyl (C=O) groups excluding carboxylic acids is 2. The van der Waals surface area contributed by atoms with E-state index in [1.807, 2.05) is 91.0 Å². The van der Waals surface area contributed by atoms with Crippen LogP contribution in [0.5, 0.6) is 0 Å². The van der Waals surface area contributed by atoms with E-state index in [-0.39, 0.29) is 23.0 Å². The summed E-state index contributed by atoms with van der Waals surface area (Å²) in [5.74, 6) is -1.58. The van der Waals surface area contributed by atoms with Gasteiger partial charge < -0.3 is 4.98 Å². The van der Waals surface area contributed by atoms with Crippen molar-refractivity contribution in [2.24, 2.45) is 11.0 Å². The lowest BCUT2D eigenvalue weighted by Gasteiger charge is -2.27. The fourth-order valence-corrected chi connectivity index (χ4v) is 6.43. The molecule has 2 heterocycles. The first kappa shape index (κ1) is 28.4. The van der Waals surface area contributed by atoms with Gasteiger partial charge in [-0.15, -0.1) is 0 Å². The van der Waals surface area contributed by atoms with Crippen molar-refractivity contribution < 1.29 is 9.59 Å². The van der Waals surface area contributed by atoms with Crippen LogP contribution in [0.1, 0.15) is 37.9 Å². The number of halogens is 1. The van der Waals surface area contributed by atoms with Gasteiger partial charge in [0.25, 0.3) is 11.5 Å². The highest BCUT2D eigenvalue weighted by Gasteiger charge is 2.47. The Morgan fingerprint density at radius 3 is 1.91 bits per heavy atom. The first-order chi connectivity index (χ1) is 22.0. The number of hydrogen-bond donors (Lipinski definition) is 1. The summed E-state index contributed by atoms with van der Waals surface area (Å²) in [5, 5.41) is 7.10. The quantitative estimate of drug-likeness (QED) is 0.185. The Hall–Kier alpha value is -5.40. The fourth-order valence-electron chi connectivity index (χ4n) is 6.07. The molecule has 5 aromatic carbocycles. The summed E-state index contributed by atoms with van der Waals surface area (Å²) >= 11 is 3.60. The lowest BCUT2D eigenvalue weighted by Crippen LogP contribution is -2.36. The van der Waals surface area contributed by atoms with Crippen LogP contribution in [-0.2, 0) is 0 Å². The van der Waals surface area contributed by atoms with E-state index in [2.05, 4.69) is 20.9 Å². The SMILES string of the molecule is O=C(c1ccccc1)[C@@H]1C(c2c(-c3ccccc3)c3cc(Br)ccc3[nH]c2=O)=NN(C(=O)c2ccccc2)[C@@H]1c1ccccc1. The fraction of sp³-hybridized carbons (Fsp3) is 0.0526. The summed E-state index contributed by atoms with van der Waals surface area (Å²) in [6.07, 6.45) is 0. The molecule has 0 bridgehead atoms. The zero-order chi connectivity index (χ0) is 30.9. The second-order valence-electron chi connectivity index (χ2n) is 10.8. The average molecular weight is 653 g/mol. The van der Waals surface area contributed by atoms with Gasteiger partial charge in [-0.2, -0.15) is 5.10 Å². The van der Waals surface area contributed by atoms with Gasteiger partial charge in [-0.1, -0.05) is 125 Å². The van der Waals surface area contributed by atoms with Crippen LogP contribution in [0.2, 0.25) is 0 Å². The topological polar surface area (TPSA) is 82.6 Å². The van der Waals surface area contributed by atoms with E-state index in [1.165, 1.54) is 5.01 Å². The van der Waals surface area contributed by atoms with Gasteiger partial charge in [0.2, 0.25) is 0 Å². The van der Waals surface area contributed by atoms with Crippen LogP contribution in [0.25, 0.3) is 22.0 Å². The maximum atomic E-state index is 14.7. The van der Waals surface area contributed by atoms with Gasteiger partial charge in [0, 0.05) is 32.1 Å². The van der Waals surface area contributed by atoms with Crippen molar-refractivity contribution >= 4 is 44.2 Å². The third-order valence-electron chi connectivity index (χ3n) is 8.09. The summed E-state index contributed by atoms with van der Waals surface area (Å²) in [7, 11) is 0. The predicted octanol–water partition coefficient (Wildman–Crippen LogP) is 8.06. The first-order valence-electron chi connectivity index (χ1n) is 14.5. The molecule has 45 heavy (non-hydrogen) atoms. The Morgan fingerprint density at radius 2 is 1.27 bits per heavy atom. The summed E-state index contributed by atoms with van der Waals surface area (Å²) in [6.45, 7) is 0. The number of hydrazone groups is 1. The molecule has 2 atom stereocenters. The molecule has 1 amide bonds. The molecular formula is C38H26BrN3O3. The number of H-pyrrole nitrogens is 1. The van der Waals surface area contributed by atoms with Gasteiger partial charge in [-0.3, -0.25) is 14.4 Å². The Labute approximate surface area is 267 Å². The lowest BCUT2D eigenvalue weighted by molar-refractivity contribution is 0.0666. The number of ketones is 1. The van der Waals surface area contributed by atoms with Crippen LogP contribution < -0.4 is 5.56 Å². The van der Waals surface area contributed by atoms with E-state index in [0.717, 1.165) is 21.0 Å². The van der Waals surface area contributed by atoms with Crippen molar-refractivity contribution in [2.75, 3.05) is 0 Å². The van der Waals surface area contributed by atoms with Crippen LogP contribution in [0.4, 0.5) is 0 Å². The molecular weight excluding hydrogens is 626 g/mol. The number of pyridine rings is 1. The maximum absolute atomic E-state index is 14.7. The standard InChI is InChI=1S/C38H26BrN3O3/c39-28-21-22-30-29(23-28)31(24-13-5-1-6-14-24)32(37(44)40-30)34-33(36(43)26-17-9-3-10-18-26)35(25-15-7-2-8-16-25)42(41-34)38(45)27-19-11-4-12-20-27/h1-23,33,35H,(H,40,44)/t33-,35-/m1/s1. The molecule has 0 unspecified atom stereocenters. The number of Topliss-reactive ketones (excluding diaryl/α,β-unsaturated/α-hetero) is 1.